The van der Waals surface area contributed by atoms with Crippen molar-refractivity contribution in [1.82, 2.24) is 14.6 Å². The van der Waals surface area contributed by atoms with Gasteiger partial charge in [-0.05, 0) is 24.6 Å². The molecule has 37 heavy (non-hydrogen) atoms. The maximum Gasteiger partial charge on any atom is 0.160 e. The Morgan fingerprint density at radius 3 is 2.32 bits per heavy atom. The van der Waals surface area contributed by atoms with E-state index in [0.717, 1.165) is 67.7 Å². The summed E-state index contributed by atoms with van der Waals surface area (Å²) in [5.41, 5.74) is 9.27. The molecule has 4 heterocycles. The van der Waals surface area contributed by atoms with Crippen molar-refractivity contribution >= 4 is 29.2 Å². The lowest BCUT2D eigenvalue weighted by Crippen LogP contribution is -2.37. The molecule has 6 rings (SSSR count). The molecule has 4 aromatic rings. The minimum absolute atomic E-state index is 0.673. The van der Waals surface area contributed by atoms with E-state index < -0.39 is 0 Å². The predicted octanol–water partition coefficient (Wildman–Crippen LogP) is 3.82. The Morgan fingerprint density at radius 1 is 0.865 bits per heavy atom. The molecule has 2 aliphatic rings. The molecule has 0 radical (unpaired) electrons. The molecule has 0 unspecified atom stereocenters. The van der Waals surface area contributed by atoms with Gasteiger partial charge in [0.25, 0.3) is 0 Å². The quantitative estimate of drug-likeness (QED) is 0.320. The van der Waals surface area contributed by atoms with Gasteiger partial charge in [0.1, 0.15) is 5.82 Å². The fraction of sp³-hybridized carbons (Fsp3) is 0.321. The summed E-state index contributed by atoms with van der Waals surface area (Å²) < 4.78 is 13.0. The number of nitrogens with zero attached hydrogens (tertiary/aromatic N) is 6. The molecule has 2 saturated heterocycles. The lowest BCUT2D eigenvalue weighted by molar-refractivity contribution is 0.122. The highest BCUT2D eigenvalue weighted by Crippen LogP contribution is 2.27. The van der Waals surface area contributed by atoms with Crippen LogP contribution in [0, 0.1) is 6.92 Å². The monoisotopic (exact) mass is 497 g/mol. The summed E-state index contributed by atoms with van der Waals surface area (Å²) in [5, 5.41) is 9.39. The predicted molar refractivity (Wildman–Crippen MR) is 147 cm³/mol. The number of hydrazone groups is 1. The van der Waals surface area contributed by atoms with Crippen LogP contribution in [0.2, 0.25) is 0 Å². The first kappa shape index (κ1) is 23.4. The second-order valence-corrected chi connectivity index (χ2v) is 9.33. The summed E-state index contributed by atoms with van der Waals surface area (Å²) in [5.74, 6) is 1.64. The average Bonchev–Trinajstić information content (AvgIpc) is 3.38. The Hall–Kier alpha value is -3.95. The third-order valence-corrected chi connectivity index (χ3v) is 6.72. The lowest BCUT2D eigenvalue weighted by atomic mass is 10.1. The van der Waals surface area contributed by atoms with Gasteiger partial charge < -0.3 is 19.3 Å². The second kappa shape index (κ2) is 10.6. The molecule has 190 valence electrons. The number of ether oxygens (including phenoxy) is 2. The maximum absolute atomic E-state index is 5.58. The normalized spacial score (nSPS) is 16.6. The van der Waals surface area contributed by atoms with Gasteiger partial charge in [-0.15, -0.1) is 0 Å². The van der Waals surface area contributed by atoms with Crippen LogP contribution in [0.15, 0.2) is 65.8 Å². The van der Waals surface area contributed by atoms with E-state index in [1.807, 2.05) is 35.0 Å². The molecule has 0 amide bonds. The molecule has 9 nitrogen and oxygen atoms in total. The Morgan fingerprint density at radius 2 is 1.59 bits per heavy atom. The highest BCUT2D eigenvalue weighted by molar-refractivity contribution is 5.80. The number of benzene rings is 2. The number of nitrogens with one attached hydrogen (secondary N) is 1. The van der Waals surface area contributed by atoms with Gasteiger partial charge in [-0.1, -0.05) is 42.0 Å². The molecular formula is C28H31N7O2. The summed E-state index contributed by atoms with van der Waals surface area (Å²) >= 11 is 0. The highest BCUT2D eigenvalue weighted by atomic mass is 16.5. The van der Waals surface area contributed by atoms with E-state index in [0.29, 0.717) is 19.0 Å². The van der Waals surface area contributed by atoms with Crippen molar-refractivity contribution in [3.8, 4) is 11.3 Å². The van der Waals surface area contributed by atoms with Crippen LogP contribution in [-0.4, -0.2) is 73.4 Å². The molecule has 2 fully saturated rings. The number of aromatic nitrogens is 3. The zero-order valence-corrected chi connectivity index (χ0v) is 21.0. The summed E-state index contributed by atoms with van der Waals surface area (Å²) in [6, 6.07) is 20.8. The van der Waals surface area contributed by atoms with Crippen molar-refractivity contribution < 1.29 is 9.47 Å². The summed E-state index contributed by atoms with van der Waals surface area (Å²) in [4.78, 5) is 9.45. The van der Waals surface area contributed by atoms with Crippen molar-refractivity contribution in [3.63, 3.8) is 0 Å². The van der Waals surface area contributed by atoms with E-state index >= 15 is 0 Å². The van der Waals surface area contributed by atoms with E-state index in [-0.39, 0.29) is 0 Å². The SMILES string of the molecule is Cc1cccc(/C=N/Nc2cc(N3CCOCC3)n3nc(-c4ccc(N5CCOCC5)cc4)cc3n2)c1. The molecular weight excluding hydrogens is 466 g/mol. The molecule has 2 aliphatic heterocycles. The van der Waals surface area contributed by atoms with E-state index in [2.05, 4.69) is 63.6 Å². The summed E-state index contributed by atoms with van der Waals surface area (Å²) in [6.45, 7) is 8.44. The second-order valence-electron chi connectivity index (χ2n) is 9.33. The molecule has 0 spiro atoms. The molecule has 0 aliphatic carbocycles. The standard InChI is InChI=1S/C28H31N7O2/c1-21-3-2-4-22(17-21)20-29-31-26-19-28(34-11-15-37-16-12-34)35-27(30-26)18-25(32-35)23-5-7-24(8-6-23)33-9-13-36-14-10-33/h2-8,17-20H,9-16H2,1H3,(H,30,31)/b29-20+. The van der Waals surface area contributed by atoms with Crippen molar-refractivity contribution in [2.24, 2.45) is 5.10 Å². The third kappa shape index (κ3) is 5.28. The van der Waals surface area contributed by atoms with Crippen LogP contribution in [0.4, 0.5) is 17.3 Å². The van der Waals surface area contributed by atoms with Gasteiger partial charge >= 0.3 is 0 Å². The Balaban J connectivity index is 1.30. The number of hydrogen-bond donors (Lipinski definition) is 1. The van der Waals surface area contributed by atoms with Crippen LogP contribution < -0.4 is 15.2 Å². The van der Waals surface area contributed by atoms with Gasteiger partial charge in [0.15, 0.2) is 11.5 Å². The minimum atomic E-state index is 0.673. The first-order chi connectivity index (χ1) is 18.2. The molecule has 0 bridgehead atoms. The van der Waals surface area contributed by atoms with Crippen molar-refractivity contribution in [2.75, 3.05) is 67.8 Å². The Bertz CT molecular complexity index is 1390. The van der Waals surface area contributed by atoms with Crippen molar-refractivity contribution in [1.29, 1.82) is 0 Å². The van der Waals surface area contributed by atoms with Crippen LogP contribution in [-0.2, 0) is 9.47 Å². The Kier molecular flexibility index (Phi) is 6.70. The fourth-order valence-electron chi connectivity index (χ4n) is 4.76. The van der Waals surface area contributed by atoms with Gasteiger partial charge in [0, 0.05) is 49.6 Å². The van der Waals surface area contributed by atoms with E-state index in [9.17, 15) is 0 Å². The van der Waals surface area contributed by atoms with Gasteiger partial charge in [0.05, 0.1) is 38.3 Å². The summed E-state index contributed by atoms with van der Waals surface area (Å²) in [7, 11) is 0. The molecule has 2 aromatic heterocycles. The number of hydrogen-bond acceptors (Lipinski definition) is 8. The number of morpholine rings is 2. The molecule has 0 saturated carbocycles. The molecule has 0 atom stereocenters. The first-order valence-electron chi connectivity index (χ1n) is 12.8. The van der Waals surface area contributed by atoms with Crippen LogP contribution in [0.25, 0.3) is 16.9 Å². The van der Waals surface area contributed by atoms with Crippen molar-refractivity contribution in [3.05, 3.63) is 71.8 Å². The van der Waals surface area contributed by atoms with Crippen LogP contribution in [0.1, 0.15) is 11.1 Å². The number of anilines is 3. The highest BCUT2D eigenvalue weighted by Gasteiger charge is 2.19. The van der Waals surface area contributed by atoms with Crippen LogP contribution >= 0.6 is 0 Å². The molecule has 9 heteroatoms. The molecule has 1 N–H and O–H groups in total. The fourth-order valence-corrected chi connectivity index (χ4v) is 4.76. The number of rotatable bonds is 6. The van der Waals surface area contributed by atoms with Crippen molar-refractivity contribution in [2.45, 2.75) is 6.92 Å². The maximum atomic E-state index is 5.58. The smallest absolute Gasteiger partial charge is 0.160 e. The van der Waals surface area contributed by atoms with Crippen LogP contribution in [0.5, 0.6) is 0 Å². The van der Waals surface area contributed by atoms with Gasteiger partial charge in [0.2, 0.25) is 0 Å². The number of aryl methyl sites for hydroxylation is 1. The minimum Gasteiger partial charge on any atom is -0.378 e. The summed E-state index contributed by atoms with van der Waals surface area (Å²) in [6.07, 6.45) is 1.81. The zero-order valence-electron chi connectivity index (χ0n) is 21.0. The topological polar surface area (TPSA) is 79.5 Å². The van der Waals surface area contributed by atoms with Gasteiger partial charge in [-0.3, -0.25) is 5.43 Å². The van der Waals surface area contributed by atoms with E-state index in [4.69, 9.17) is 19.6 Å². The lowest BCUT2D eigenvalue weighted by Gasteiger charge is -2.29. The van der Waals surface area contributed by atoms with E-state index in [1.54, 1.807) is 0 Å². The van der Waals surface area contributed by atoms with Gasteiger partial charge in [-0.2, -0.15) is 14.7 Å². The van der Waals surface area contributed by atoms with Gasteiger partial charge in [-0.25, -0.2) is 4.98 Å². The van der Waals surface area contributed by atoms with Crippen LogP contribution in [0.3, 0.4) is 0 Å². The van der Waals surface area contributed by atoms with E-state index in [1.165, 1.54) is 11.3 Å². The average molecular weight is 498 g/mol. The Labute approximate surface area is 216 Å². The zero-order chi connectivity index (χ0) is 25.0. The first-order valence-corrected chi connectivity index (χ1v) is 12.8. The number of fused-ring (bicyclic) bond motifs is 1. The molecule has 2 aromatic carbocycles. The largest absolute Gasteiger partial charge is 0.378 e. The third-order valence-electron chi connectivity index (χ3n) is 6.72.